The summed E-state index contributed by atoms with van der Waals surface area (Å²) < 4.78 is 0. The third-order valence-electron chi connectivity index (χ3n) is 1.19. The average Bonchev–Trinajstić information content (AvgIpc) is 1.85. The average molecular weight is 282 g/mol. The summed E-state index contributed by atoms with van der Waals surface area (Å²) in [6.07, 6.45) is 0. The molecule has 11 heavy (non-hydrogen) atoms. The lowest BCUT2D eigenvalue weighted by Gasteiger charge is -1.98. The summed E-state index contributed by atoms with van der Waals surface area (Å²) in [6, 6.07) is 3.87. The molecular formula is C7H10Br2N2. The lowest BCUT2D eigenvalue weighted by molar-refractivity contribution is 1.18. The van der Waals surface area contributed by atoms with Gasteiger partial charge in [0.15, 0.2) is 0 Å². The quantitative estimate of drug-likeness (QED) is 0.803. The Morgan fingerprint density at radius 1 is 1.55 bits per heavy atom. The van der Waals surface area contributed by atoms with Gasteiger partial charge in [0.1, 0.15) is 5.82 Å². The highest BCUT2D eigenvalue weighted by Crippen LogP contribution is 2.09. The van der Waals surface area contributed by atoms with Crippen LogP contribution in [-0.4, -0.2) is 4.98 Å². The summed E-state index contributed by atoms with van der Waals surface area (Å²) in [7, 11) is 0. The van der Waals surface area contributed by atoms with E-state index < -0.39 is 0 Å². The van der Waals surface area contributed by atoms with E-state index in [2.05, 4.69) is 20.9 Å². The van der Waals surface area contributed by atoms with E-state index in [1.165, 1.54) is 5.56 Å². The van der Waals surface area contributed by atoms with Crippen molar-refractivity contribution < 1.29 is 0 Å². The second kappa shape index (κ2) is 4.72. The van der Waals surface area contributed by atoms with Gasteiger partial charge in [0.2, 0.25) is 0 Å². The predicted octanol–water partition coefficient (Wildman–Crippen LogP) is 2.45. The molecule has 1 rings (SSSR count). The Labute approximate surface area is 85.1 Å². The summed E-state index contributed by atoms with van der Waals surface area (Å²) in [6.45, 7) is 1.93. The molecule has 0 bridgehead atoms. The SMILES string of the molecule is Br.Cc1cc(CBr)cc(N)n1. The van der Waals surface area contributed by atoms with Gasteiger partial charge in [0, 0.05) is 11.0 Å². The van der Waals surface area contributed by atoms with E-state index in [4.69, 9.17) is 5.73 Å². The van der Waals surface area contributed by atoms with E-state index in [0.717, 1.165) is 11.0 Å². The minimum Gasteiger partial charge on any atom is -0.384 e. The van der Waals surface area contributed by atoms with Crippen molar-refractivity contribution in [1.29, 1.82) is 0 Å². The molecule has 0 aromatic carbocycles. The maximum absolute atomic E-state index is 5.50. The molecule has 0 radical (unpaired) electrons. The predicted molar refractivity (Wildman–Crippen MR) is 56.3 cm³/mol. The Balaban J connectivity index is 0.000001000. The lowest BCUT2D eigenvalue weighted by Crippen LogP contribution is -1.93. The number of hydrogen-bond acceptors (Lipinski definition) is 2. The van der Waals surface area contributed by atoms with Gasteiger partial charge in [-0.05, 0) is 24.6 Å². The van der Waals surface area contributed by atoms with Crippen LogP contribution in [0.5, 0.6) is 0 Å². The molecule has 0 amide bonds. The summed E-state index contributed by atoms with van der Waals surface area (Å²) in [5, 5.41) is 0.834. The molecule has 0 saturated carbocycles. The molecule has 0 unspecified atom stereocenters. The molecular weight excluding hydrogens is 272 g/mol. The lowest BCUT2D eigenvalue weighted by atomic mass is 10.2. The molecule has 0 fully saturated rings. The summed E-state index contributed by atoms with van der Waals surface area (Å²) in [4.78, 5) is 4.04. The van der Waals surface area contributed by atoms with Crippen LogP contribution in [0.4, 0.5) is 5.82 Å². The number of nitrogens with zero attached hydrogens (tertiary/aromatic N) is 1. The highest BCUT2D eigenvalue weighted by Gasteiger charge is 1.93. The minimum absolute atomic E-state index is 0. The van der Waals surface area contributed by atoms with Crippen molar-refractivity contribution in [3.8, 4) is 0 Å². The number of alkyl halides is 1. The Kier molecular flexibility index (Phi) is 4.68. The van der Waals surface area contributed by atoms with Crippen LogP contribution in [0.25, 0.3) is 0 Å². The van der Waals surface area contributed by atoms with Crippen LogP contribution >= 0.6 is 32.9 Å². The number of hydrogen-bond donors (Lipinski definition) is 1. The first-order chi connectivity index (χ1) is 4.72. The second-order valence-electron chi connectivity index (χ2n) is 2.18. The Bertz CT molecular complexity index is 218. The molecule has 0 aliphatic carbocycles. The Morgan fingerprint density at radius 3 is 2.64 bits per heavy atom. The van der Waals surface area contributed by atoms with Crippen LogP contribution in [0.2, 0.25) is 0 Å². The van der Waals surface area contributed by atoms with Gasteiger partial charge in [0.25, 0.3) is 0 Å². The van der Waals surface area contributed by atoms with E-state index in [1.807, 2.05) is 19.1 Å². The van der Waals surface area contributed by atoms with E-state index in [1.54, 1.807) is 0 Å². The van der Waals surface area contributed by atoms with Crippen molar-refractivity contribution in [2.45, 2.75) is 12.3 Å². The van der Waals surface area contributed by atoms with Crippen LogP contribution in [0.15, 0.2) is 12.1 Å². The fourth-order valence-corrected chi connectivity index (χ4v) is 1.17. The minimum atomic E-state index is 0. The third-order valence-corrected chi connectivity index (χ3v) is 1.83. The van der Waals surface area contributed by atoms with E-state index in [9.17, 15) is 0 Å². The van der Waals surface area contributed by atoms with Crippen molar-refractivity contribution in [2.75, 3.05) is 5.73 Å². The zero-order valence-electron chi connectivity index (χ0n) is 6.17. The van der Waals surface area contributed by atoms with Gasteiger partial charge >= 0.3 is 0 Å². The fourth-order valence-electron chi connectivity index (χ4n) is 0.845. The largest absolute Gasteiger partial charge is 0.384 e. The molecule has 0 aliphatic rings. The highest BCUT2D eigenvalue weighted by molar-refractivity contribution is 9.08. The topological polar surface area (TPSA) is 38.9 Å². The Morgan fingerprint density at radius 2 is 2.18 bits per heavy atom. The molecule has 0 aliphatic heterocycles. The van der Waals surface area contributed by atoms with Gasteiger partial charge in [-0.2, -0.15) is 0 Å². The van der Waals surface area contributed by atoms with Crippen LogP contribution in [-0.2, 0) is 5.33 Å². The van der Waals surface area contributed by atoms with Gasteiger partial charge in [-0.15, -0.1) is 17.0 Å². The summed E-state index contributed by atoms with van der Waals surface area (Å²) in [5.41, 5.74) is 7.64. The van der Waals surface area contributed by atoms with Gasteiger partial charge in [-0.3, -0.25) is 0 Å². The van der Waals surface area contributed by atoms with Crippen molar-refractivity contribution in [3.63, 3.8) is 0 Å². The van der Waals surface area contributed by atoms with Gasteiger partial charge in [0.05, 0.1) is 0 Å². The fraction of sp³-hybridized carbons (Fsp3) is 0.286. The Hall–Kier alpha value is -0.0900. The monoisotopic (exact) mass is 280 g/mol. The number of aromatic nitrogens is 1. The maximum Gasteiger partial charge on any atom is 0.123 e. The first-order valence-electron chi connectivity index (χ1n) is 3.01. The normalized spacial score (nSPS) is 8.91. The smallest absolute Gasteiger partial charge is 0.123 e. The number of anilines is 1. The summed E-state index contributed by atoms with van der Waals surface area (Å²) in [5.74, 6) is 0.592. The van der Waals surface area contributed by atoms with Crippen molar-refractivity contribution >= 4 is 38.7 Å². The van der Waals surface area contributed by atoms with E-state index in [-0.39, 0.29) is 17.0 Å². The number of nitrogens with two attached hydrogens (primary N) is 1. The number of halogens is 2. The molecule has 0 spiro atoms. The highest BCUT2D eigenvalue weighted by atomic mass is 79.9. The molecule has 1 aromatic heterocycles. The summed E-state index contributed by atoms with van der Waals surface area (Å²) >= 11 is 3.34. The van der Waals surface area contributed by atoms with E-state index in [0.29, 0.717) is 5.82 Å². The van der Waals surface area contributed by atoms with Crippen molar-refractivity contribution in [3.05, 3.63) is 23.4 Å². The molecule has 2 nitrogen and oxygen atoms in total. The molecule has 1 aromatic rings. The molecule has 4 heteroatoms. The van der Waals surface area contributed by atoms with Gasteiger partial charge in [-0.1, -0.05) is 15.9 Å². The van der Waals surface area contributed by atoms with Crippen molar-refractivity contribution in [2.24, 2.45) is 0 Å². The molecule has 62 valence electrons. The first kappa shape index (κ1) is 10.9. The van der Waals surface area contributed by atoms with Crippen molar-refractivity contribution in [1.82, 2.24) is 4.98 Å². The third kappa shape index (κ3) is 3.20. The maximum atomic E-state index is 5.50. The molecule has 2 N–H and O–H groups in total. The zero-order valence-corrected chi connectivity index (χ0v) is 9.47. The molecule has 1 heterocycles. The van der Waals surface area contributed by atoms with Crippen LogP contribution in [0.3, 0.4) is 0 Å². The van der Waals surface area contributed by atoms with Gasteiger partial charge in [-0.25, -0.2) is 4.98 Å². The van der Waals surface area contributed by atoms with Crippen LogP contribution in [0, 0.1) is 6.92 Å². The first-order valence-corrected chi connectivity index (χ1v) is 4.13. The van der Waals surface area contributed by atoms with Crippen LogP contribution in [0.1, 0.15) is 11.3 Å². The number of pyridine rings is 1. The van der Waals surface area contributed by atoms with Gasteiger partial charge < -0.3 is 5.73 Å². The number of rotatable bonds is 1. The number of aryl methyl sites for hydroxylation is 1. The van der Waals surface area contributed by atoms with E-state index >= 15 is 0 Å². The van der Waals surface area contributed by atoms with Crippen LogP contribution < -0.4 is 5.73 Å². The molecule has 0 atom stereocenters. The number of nitrogen functional groups attached to an aromatic ring is 1. The standard InChI is InChI=1S/C7H9BrN2.BrH/c1-5-2-6(4-8)3-7(9)10-5;/h2-3H,4H2,1H3,(H2,9,10);1H. The molecule has 0 saturated heterocycles. The second-order valence-corrected chi connectivity index (χ2v) is 2.74. The zero-order chi connectivity index (χ0) is 7.56.